The molecule has 2 heterocycles. The highest BCUT2D eigenvalue weighted by Gasteiger charge is 2.15. The molecule has 0 aliphatic rings. The fourth-order valence-electron chi connectivity index (χ4n) is 2.80. The lowest BCUT2D eigenvalue weighted by Crippen LogP contribution is -2.04. The summed E-state index contributed by atoms with van der Waals surface area (Å²) in [5.41, 5.74) is 4.81. The van der Waals surface area contributed by atoms with Gasteiger partial charge in [0.1, 0.15) is 12.4 Å². The van der Waals surface area contributed by atoms with Gasteiger partial charge in [-0.2, -0.15) is 5.26 Å². The summed E-state index contributed by atoms with van der Waals surface area (Å²) >= 11 is 0. The van der Waals surface area contributed by atoms with Gasteiger partial charge in [0.25, 0.3) is 0 Å². The number of oxime groups is 1. The highest BCUT2D eigenvalue weighted by Crippen LogP contribution is 2.26. The molecular formula is C22H25N5O. The van der Waals surface area contributed by atoms with Crippen molar-refractivity contribution in [3.63, 3.8) is 0 Å². The quantitative estimate of drug-likeness (QED) is 0.356. The van der Waals surface area contributed by atoms with Gasteiger partial charge in [-0.25, -0.2) is 4.98 Å². The standard InChI is InChI=1S/C22H25N5O/c1-6-10-19(26-28-8-3)16(4)17-13-18(15-24-14-17)22-25-20(11-9-12-23)21(7-2)27(22)5/h7,9,11,13-15H,2,4,6,8,10H2,1,3,5H3/b11-9+,26-19-. The third-order valence-electron chi connectivity index (χ3n) is 4.16. The van der Waals surface area contributed by atoms with Crippen molar-refractivity contribution in [2.45, 2.75) is 26.7 Å². The van der Waals surface area contributed by atoms with Crippen molar-refractivity contribution in [1.82, 2.24) is 14.5 Å². The summed E-state index contributed by atoms with van der Waals surface area (Å²) in [6, 6.07) is 3.97. The maximum absolute atomic E-state index is 8.80. The molecule has 0 saturated carbocycles. The summed E-state index contributed by atoms with van der Waals surface area (Å²) in [4.78, 5) is 14.3. The topological polar surface area (TPSA) is 76.1 Å². The molecule has 2 rings (SSSR count). The Kier molecular flexibility index (Phi) is 7.46. The summed E-state index contributed by atoms with van der Waals surface area (Å²) in [5, 5.41) is 13.0. The summed E-state index contributed by atoms with van der Waals surface area (Å²) in [7, 11) is 1.91. The second kappa shape index (κ2) is 10.0. The molecule has 2 aromatic heterocycles. The average molecular weight is 375 g/mol. The van der Waals surface area contributed by atoms with Gasteiger partial charge >= 0.3 is 0 Å². The Bertz CT molecular complexity index is 960. The molecule has 0 unspecified atom stereocenters. The Hall–Kier alpha value is -3.46. The van der Waals surface area contributed by atoms with Gasteiger partial charge in [0.05, 0.1) is 23.2 Å². The van der Waals surface area contributed by atoms with Gasteiger partial charge in [-0.3, -0.25) is 4.98 Å². The van der Waals surface area contributed by atoms with Crippen LogP contribution < -0.4 is 0 Å². The van der Waals surface area contributed by atoms with Crippen LogP contribution in [0.4, 0.5) is 0 Å². The number of rotatable bonds is 9. The first-order chi connectivity index (χ1) is 13.6. The van der Waals surface area contributed by atoms with Crippen LogP contribution in [0.2, 0.25) is 0 Å². The number of hydrogen-bond donors (Lipinski definition) is 0. The third kappa shape index (κ3) is 4.63. The zero-order valence-electron chi connectivity index (χ0n) is 16.6. The van der Waals surface area contributed by atoms with Crippen LogP contribution in [0.15, 0.2) is 42.8 Å². The van der Waals surface area contributed by atoms with Crippen molar-refractivity contribution < 1.29 is 4.84 Å². The van der Waals surface area contributed by atoms with Crippen LogP contribution >= 0.6 is 0 Å². The number of pyridine rings is 1. The zero-order valence-corrected chi connectivity index (χ0v) is 16.6. The molecule has 0 aromatic carbocycles. The van der Waals surface area contributed by atoms with Crippen LogP contribution in [-0.2, 0) is 11.9 Å². The molecule has 0 saturated heterocycles. The molecule has 2 aromatic rings. The maximum atomic E-state index is 8.80. The molecule has 0 bridgehead atoms. The smallest absolute Gasteiger partial charge is 0.142 e. The number of allylic oxidation sites excluding steroid dienone is 2. The molecule has 0 radical (unpaired) electrons. The number of nitrogens with zero attached hydrogens (tertiary/aromatic N) is 5. The predicted octanol–water partition coefficient (Wildman–Crippen LogP) is 4.87. The van der Waals surface area contributed by atoms with Crippen LogP contribution in [0.25, 0.3) is 29.1 Å². The van der Waals surface area contributed by atoms with E-state index in [2.05, 4.69) is 35.2 Å². The van der Waals surface area contributed by atoms with Gasteiger partial charge in [-0.15, -0.1) is 0 Å². The maximum Gasteiger partial charge on any atom is 0.142 e. The summed E-state index contributed by atoms with van der Waals surface area (Å²) in [5.74, 6) is 0.730. The van der Waals surface area contributed by atoms with Gasteiger partial charge in [0.15, 0.2) is 0 Å². The number of hydrogen-bond acceptors (Lipinski definition) is 5. The molecule has 0 aliphatic heterocycles. The van der Waals surface area contributed by atoms with E-state index in [0.717, 1.165) is 46.8 Å². The summed E-state index contributed by atoms with van der Waals surface area (Å²) in [6.07, 6.45) is 10.0. The first-order valence-corrected chi connectivity index (χ1v) is 9.16. The van der Waals surface area contributed by atoms with E-state index < -0.39 is 0 Å². The minimum absolute atomic E-state index is 0.509. The highest BCUT2D eigenvalue weighted by atomic mass is 16.6. The van der Waals surface area contributed by atoms with Gasteiger partial charge in [-0.1, -0.05) is 31.7 Å². The van der Waals surface area contributed by atoms with Gasteiger partial charge in [0.2, 0.25) is 0 Å². The Labute approximate surface area is 166 Å². The van der Waals surface area contributed by atoms with E-state index in [1.807, 2.05) is 30.7 Å². The molecule has 6 nitrogen and oxygen atoms in total. The SMILES string of the molecule is C=Cc1c(/C=C/C#N)nc(-c2cncc(C(=C)/C(CCC)=N\OCC)c2)n1C. The highest BCUT2D eigenvalue weighted by molar-refractivity contribution is 6.23. The summed E-state index contributed by atoms with van der Waals surface area (Å²) in [6.45, 7) is 12.5. The third-order valence-corrected chi connectivity index (χ3v) is 4.16. The number of aromatic nitrogens is 3. The minimum Gasteiger partial charge on any atom is -0.396 e. The van der Waals surface area contributed by atoms with E-state index >= 15 is 0 Å². The van der Waals surface area contributed by atoms with E-state index in [1.165, 1.54) is 6.08 Å². The molecule has 144 valence electrons. The Morgan fingerprint density at radius 3 is 2.82 bits per heavy atom. The Morgan fingerprint density at radius 1 is 1.39 bits per heavy atom. The molecule has 28 heavy (non-hydrogen) atoms. The van der Waals surface area contributed by atoms with Crippen molar-refractivity contribution >= 4 is 23.4 Å². The largest absolute Gasteiger partial charge is 0.396 e. The van der Waals surface area contributed by atoms with Crippen molar-refractivity contribution in [2.24, 2.45) is 12.2 Å². The molecule has 6 heteroatoms. The van der Waals surface area contributed by atoms with E-state index in [4.69, 9.17) is 10.1 Å². The van der Waals surface area contributed by atoms with Crippen LogP contribution in [0, 0.1) is 11.3 Å². The molecule has 0 atom stereocenters. The second-order valence-corrected chi connectivity index (χ2v) is 6.08. The fourth-order valence-corrected chi connectivity index (χ4v) is 2.80. The molecular weight excluding hydrogens is 350 g/mol. The molecule has 0 aliphatic carbocycles. The van der Waals surface area contributed by atoms with E-state index in [0.29, 0.717) is 12.3 Å². The monoisotopic (exact) mass is 375 g/mol. The Morgan fingerprint density at radius 2 is 2.18 bits per heavy atom. The molecule has 0 amide bonds. The number of nitriles is 1. The lowest BCUT2D eigenvalue weighted by atomic mass is 10.0. The summed E-state index contributed by atoms with van der Waals surface area (Å²) < 4.78 is 1.93. The first-order valence-electron chi connectivity index (χ1n) is 9.16. The van der Waals surface area contributed by atoms with Crippen LogP contribution in [0.3, 0.4) is 0 Å². The minimum atomic E-state index is 0.509. The number of imidazole rings is 1. The van der Waals surface area contributed by atoms with E-state index in [9.17, 15) is 0 Å². The van der Waals surface area contributed by atoms with Crippen molar-refractivity contribution in [3.05, 3.63) is 54.6 Å². The van der Waals surface area contributed by atoms with Gasteiger partial charge in [-0.05, 0) is 31.6 Å². The fraction of sp³-hybridized carbons (Fsp3) is 0.273. The van der Waals surface area contributed by atoms with E-state index in [-0.39, 0.29) is 0 Å². The van der Waals surface area contributed by atoms with Crippen LogP contribution in [0.5, 0.6) is 0 Å². The second-order valence-electron chi connectivity index (χ2n) is 6.08. The molecule has 0 fully saturated rings. The van der Waals surface area contributed by atoms with Gasteiger partial charge in [0, 0.05) is 42.2 Å². The normalized spacial score (nSPS) is 11.4. The van der Waals surface area contributed by atoms with Crippen molar-refractivity contribution in [3.8, 4) is 17.5 Å². The first kappa shape index (κ1) is 20.8. The Balaban J connectivity index is 2.47. The average Bonchev–Trinajstić information content (AvgIpc) is 3.04. The van der Waals surface area contributed by atoms with Crippen LogP contribution in [0.1, 0.15) is 43.6 Å². The van der Waals surface area contributed by atoms with E-state index in [1.54, 1.807) is 24.5 Å². The van der Waals surface area contributed by atoms with Crippen LogP contribution in [-0.4, -0.2) is 26.9 Å². The molecule has 0 N–H and O–H groups in total. The molecule has 0 spiro atoms. The van der Waals surface area contributed by atoms with Crippen molar-refractivity contribution in [2.75, 3.05) is 6.61 Å². The predicted molar refractivity (Wildman–Crippen MR) is 114 cm³/mol. The lowest BCUT2D eigenvalue weighted by molar-refractivity contribution is 0.158. The zero-order chi connectivity index (χ0) is 20.5. The van der Waals surface area contributed by atoms with Crippen molar-refractivity contribution in [1.29, 1.82) is 5.26 Å². The lowest BCUT2D eigenvalue weighted by Gasteiger charge is -2.10. The van der Waals surface area contributed by atoms with Gasteiger partial charge < -0.3 is 9.40 Å².